The summed E-state index contributed by atoms with van der Waals surface area (Å²) in [5.41, 5.74) is 0.821. The van der Waals surface area contributed by atoms with Crippen LogP contribution < -0.4 is 0 Å². The molecule has 0 aliphatic rings. The van der Waals surface area contributed by atoms with Crippen LogP contribution in [0.2, 0.25) is 5.02 Å². The Bertz CT molecular complexity index is 734. The molecule has 0 spiro atoms. The van der Waals surface area contributed by atoms with Crippen LogP contribution in [0.5, 0.6) is 5.75 Å². The van der Waals surface area contributed by atoms with Crippen molar-refractivity contribution >= 4 is 22.6 Å². The van der Waals surface area contributed by atoms with Gasteiger partial charge in [0.15, 0.2) is 11.4 Å². The van der Waals surface area contributed by atoms with Gasteiger partial charge < -0.3 is 9.52 Å². The first-order valence-electron chi connectivity index (χ1n) is 5.32. The summed E-state index contributed by atoms with van der Waals surface area (Å²) < 4.78 is 19.0. The van der Waals surface area contributed by atoms with Crippen molar-refractivity contribution in [2.24, 2.45) is 0 Å². The van der Waals surface area contributed by atoms with E-state index in [1.165, 1.54) is 18.2 Å². The van der Waals surface area contributed by atoms with Crippen LogP contribution in [0, 0.1) is 5.82 Å². The lowest BCUT2D eigenvalue weighted by atomic mass is 10.1. The number of para-hydroxylation sites is 1. The monoisotopic (exact) mass is 262 g/mol. The molecule has 0 saturated heterocycles. The number of fused-ring (bicyclic) bond motifs is 1. The van der Waals surface area contributed by atoms with Crippen molar-refractivity contribution in [3.8, 4) is 17.1 Å². The van der Waals surface area contributed by atoms with Gasteiger partial charge in [0.05, 0.1) is 5.02 Å². The Morgan fingerprint density at radius 2 is 1.94 bits per heavy atom. The number of phenols is 1. The highest BCUT2D eigenvalue weighted by Gasteiger charge is 2.12. The van der Waals surface area contributed by atoms with Gasteiger partial charge in [-0.25, -0.2) is 4.39 Å². The molecule has 0 atom stereocenters. The van der Waals surface area contributed by atoms with E-state index in [4.69, 9.17) is 16.0 Å². The molecule has 3 rings (SSSR count). The lowest BCUT2D eigenvalue weighted by Crippen LogP contribution is -1.75. The third-order valence-electron chi connectivity index (χ3n) is 2.71. The van der Waals surface area contributed by atoms with Gasteiger partial charge in [0.1, 0.15) is 11.5 Å². The summed E-state index contributed by atoms with van der Waals surface area (Å²) in [5, 5.41) is 10.3. The standard InChI is InChI=1S/C14H8ClFO2/c15-11-7-9(17)4-5-10(11)13-6-8-2-1-3-12(16)14(8)18-13/h1-7,17H. The first kappa shape index (κ1) is 11.1. The van der Waals surface area contributed by atoms with E-state index in [9.17, 15) is 9.50 Å². The van der Waals surface area contributed by atoms with Crippen LogP contribution in [0.15, 0.2) is 46.9 Å². The summed E-state index contributed by atoms with van der Waals surface area (Å²) in [6.07, 6.45) is 0. The van der Waals surface area contributed by atoms with Crippen molar-refractivity contribution in [2.75, 3.05) is 0 Å². The zero-order chi connectivity index (χ0) is 12.7. The van der Waals surface area contributed by atoms with E-state index in [0.717, 1.165) is 0 Å². The third kappa shape index (κ3) is 1.73. The molecular weight excluding hydrogens is 255 g/mol. The van der Waals surface area contributed by atoms with Crippen molar-refractivity contribution in [1.29, 1.82) is 0 Å². The summed E-state index contributed by atoms with van der Waals surface area (Å²) in [4.78, 5) is 0. The second kappa shape index (κ2) is 4.03. The quantitative estimate of drug-likeness (QED) is 0.695. The van der Waals surface area contributed by atoms with Crippen LogP contribution in [0.1, 0.15) is 0 Å². The minimum Gasteiger partial charge on any atom is -0.508 e. The van der Waals surface area contributed by atoms with E-state index < -0.39 is 5.82 Å². The zero-order valence-corrected chi connectivity index (χ0v) is 9.91. The number of benzene rings is 2. The van der Waals surface area contributed by atoms with Crippen LogP contribution in [0.25, 0.3) is 22.3 Å². The molecule has 0 aliphatic heterocycles. The summed E-state index contributed by atoms with van der Waals surface area (Å²) in [6.45, 7) is 0. The normalized spacial score (nSPS) is 11.0. The van der Waals surface area contributed by atoms with E-state index >= 15 is 0 Å². The van der Waals surface area contributed by atoms with Gasteiger partial charge in [0.2, 0.25) is 0 Å². The molecule has 3 aromatic rings. The van der Waals surface area contributed by atoms with Crippen molar-refractivity contribution in [3.05, 3.63) is 53.3 Å². The molecule has 0 fully saturated rings. The molecule has 1 N–H and O–H groups in total. The molecule has 0 bridgehead atoms. The second-order valence-electron chi connectivity index (χ2n) is 3.93. The average Bonchev–Trinajstić information content (AvgIpc) is 2.74. The molecule has 1 heterocycles. The van der Waals surface area contributed by atoms with E-state index in [-0.39, 0.29) is 11.3 Å². The Balaban J connectivity index is 2.23. The predicted molar refractivity (Wildman–Crippen MR) is 68.3 cm³/mol. The molecular formula is C14H8ClFO2. The Morgan fingerprint density at radius 1 is 1.11 bits per heavy atom. The Morgan fingerprint density at radius 3 is 2.67 bits per heavy atom. The van der Waals surface area contributed by atoms with Gasteiger partial charge in [0, 0.05) is 10.9 Å². The molecule has 0 unspecified atom stereocenters. The highest BCUT2D eigenvalue weighted by molar-refractivity contribution is 6.33. The molecule has 0 amide bonds. The summed E-state index contributed by atoms with van der Waals surface area (Å²) >= 11 is 6.02. The Kier molecular flexibility index (Phi) is 2.49. The molecule has 0 saturated carbocycles. The topological polar surface area (TPSA) is 33.4 Å². The lowest BCUT2D eigenvalue weighted by molar-refractivity contribution is 0.475. The van der Waals surface area contributed by atoms with Crippen LogP contribution >= 0.6 is 11.6 Å². The maximum absolute atomic E-state index is 13.5. The van der Waals surface area contributed by atoms with Gasteiger partial charge >= 0.3 is 0 Å². The van der Waals surface area contributed by atoms with Crippen LogP contribution in [-0.2, 0) is 0 Å². The summed E-state index contributed by atoms with van der Waals surface area (Å²) in [5.74, 6) is 0.139. The number of halogens is 2. The van der Waals surface area contributed by atoms with E-state index in [1.807, 2.05) is 0 Å². The van der Waals surface area contributed by atoms with Crippen molar-refractivity contribution in [2.45, 2.75) is 0 Å². The fourth-order valence-electron chi connectivity index (χ4n) is 1.86. The van der Waals surface area contributed by atoms with Gasteiger partial charge in [-0.2, -0.15) is 0 Å². The van der Waals surface area contributed by atoms with Crippen molar-refractivity contribution in [3.63, 3.8) is 0 Å². The Labute approximate surface area is 107 Å². The van der Waals surface area contributed by atoms with E-state index in [1.54, 1.807) is 24.3 Å². The molecule has 0 aliphatic carbocycles. The fraction of sp³-hybridized carbons (Fsp3) is 0. The smallest absolute Gasteiger partial charge is 0.170 e. The predicted octanol–water partition coefficient (Wildman–Crippen LogP) is 4.60. The maximum atomic E-state index is 13.5. The summed E-state index contributed by atoms with van der Waals surface area (Å²) in [7, 11) is 0. The van der Waals surface area contributed by atoms with E-state index in [0.29, 0.717) is 21.7 Å². The number of phenolic OH excluding ortho intramolecular Hbond substituents is 1. The van der Waals surface area contributed by atoms with Gasteiger partial charge in [-0.15, -0.1) is 0 Å². The molecule has 90 valence electrons. The number of hydrogen-bond acceptors (Lipinski definition) is 2. The number of furan rings is 1. The molecule has 2 aromatic carbocycles. The number of hydrogen-bond donors (Lipinski definition) is 1. The first-order chi connectivity index (χ1) is 8.65. The van der Waals surface area contributed by atoms with Gasteiger partial charge in [0.25, 0.3) is 0 Å². The first-order valence-corrected chi connectivity index (χ1v) is 5.70. The Hall–Kier alpha value is -2.00. The maximum Gasteiger partial charge on any atom is 0.170 e. The third-order valence-corrected chi connectivity index (χ3v) is 3.03. The van der Waals surface area contributed by atoms with Crippen molar-refractivity contribution in [1.82, 2.24) is 0 Å². The van der Waals surface area contributed by atoms with Crippen LogP contribution in [0.4, 0.5) is 4.39 Å². The van der Waals surface area contributed by atoms with Gasteiger partial charge in [-0.3, -0.25) is 0 Å². The van der Waals surface area contributed by atoms with Crippen LogP contribution in [0.3, 0.4) is 0 Å². The molecule has 4 heteroatoms. The number of aromatic hydroxyl groups is 1. The highest BCUT2D eigenvalue weighted by Crippen LogP contribution is 2.34. The van der Waals surface area contributed by atoms with Crippen LogP contribution in [-0.4, -0.2) is 5.11 Å². The van der Waals surface area contributed by atoms with Crippen molar-refractivity contribution < 1.29 is 13.9 Å². The summed E-state index contributed by atoms with van der Waals surface area (Å²) in [6, 6.07) is 11.0. The minimum atomic E-state index is -0.409. The van der Waals surface area contributed by atoms with Gasteiger partial charge in [-0.05, 0) is 30.3 Å². The molecule has 0 radical (unpaired) electrons. The number of rotatable bonds is 1. The molecule has 18 heavy (non-hydrogen) atoms. The second-order valence-corrected chi connectivity index (χ2v) is 4.34. The average molecular weight is 263 g/mol. The largest absolute Gasteiger partial charge is 0.508 e. The zero-order valence-electron chi connectivity index (χ0n) is 9.15. The SMILES string of the molecule is Oc1ccc(-c2cc3cccc(F)c3o2)c(Cl)c1. The molecule has 2 nitrogen and oxygen atoms in total. The fourth-order valence-corrected chi connectivity index (χ4v) is 2.13. The van der Waals surface area contributed by atoms with Gasteiger partial charge in [-0.1, -0.05) is 23.7 Å². The van der Waals surface area contributed by atoms with E-state index in [2.05, 4.69) is 0 Å². The molecule has 1 aromatic heterocycles. The lowest BCUT2D eigenvalue weighted by Gasteiger charge is -2.00. The minimum absolute atomic E-state index is 0.0750. The highest BCUT2D eigenvalue weighted by atomic mass is 35.5.